The van der Waals surface area contributed by atoms with Crippen LogP contribution < -0.4 is 5.32 Å². The van der Waals surface area contributed by atoms with Gasteiger partial charge < -0.3 is 9.88 Å². The highest BCUT2D eigenvalue weighted by molar-refractivity contribution is 5.80. The van der Waals surface area contributed by atoms with Crippen LogP contribution in [0.25, 0.3) is 10.9 Å². The smallest absolute Gasteiger partial charge is 0.123 e. The van der Waals surface area contributed by atoms with Crippen LogP contribution in [0.1, 0.15) is 32.6 Å². The summed E-state index contributed by atoms with van der Waals surface area (Å²) in [5.41, 5.74) is 1.11. The lowest BCUT2D eigenvalue weighted by Crippen LogP contribution is -2.20. The Balaban J connectivity index is 1.76. The summed E-state index contributed by atoms with van der Waals surface area (Å²) in [6.07, 6.45) is 7.21. The van der Waals surface area contributed by atoms with E-state index in [0.717, 1.165) is 30.5 Å². The van der Waals surface area contributed by atoms with E-state index in [1.807, 2.05) is 18.3 Å². The van der Waals surface area contributed by atoms with Crippen molar-refractivity contribution in [1.82, 2.24) is 9.88 Å². The van der Waals surface area contributed by atoms with Gasteiger partial charge in [0, 0.05) is 30.2 Å². The lowest BCUT2D eigenvalue weighted by Gasteiger charge is -2.07. The van der Waals surface area contributed by atoms with E-state index in [2.05, 4.69) is 16.8 Å². The van der Waals surface area contributed by atoms with Crippen molar-refractivity contribution in [3.05, 3.63) is 36.3 Å². The monoisotopic (exact) mass is 262 g/mol. The molecule has 0 saturated carbocycles. The van der Waals surface area contributed by atoms with E-state index in [0.29, 0.717) is 0 Å². The van der Waals surface area contributed by atoms with Crippen LogP contribution in [0.15, 0.2) is 30.5 Å². The third-order valence-electron chi connectivity index (χ3n) is 3.47. The van der Waals surface area contributed by atoms with Crippen molar-refractivity contribution in [1.29, 1.82) is 0 Å². The fourth-order valence-electron chi connectivity index (χ4n) is 2.37. The Morgan fingerprint density at radius 2 is 2.00 bits per heavy atom. The highest BCUT2D eigenvalue weighted by Crippen LogP contribution is 2.16. The third kappa shape index (κ3) is 4.06. The van der Waals surface area contributed by atoms with Crippen molar-refractivity contribution in [2.45, 2.75) is 39.2 Å². The minimum atomic E-state index is -0.167. The number of benzene rings is 1. The maximum atomic E-state index is 13.1. The highest BCUT2D eigenvalue weighted by Gasteiger charge is 2.01. The first-order valence-corrected chi connectivity index (χ1v) is 7.26. The molecule has 0 amide bonds. The molecule has 104 valence electrons. The predicted molar refractivity (Wildman–Crippen MR) is 78.9 cm³/mol. The Bertz CT molecular complexity index is 504. The van der Waals surface area contributed by atoms with Gasteiger partial charge >= 0.3 is 0 Å². The minimum Gasteiger partial charge on any atom is -0.346 e. The average Bonchev–Trinajstić information content (AvgIpc) is 2.80. The van der Waals surface area contributed by atoms with Crippen LogP contribution in [-0.2, 0) is 6.54 Å². The number of fused-ring (bicyclic) bond motifs is 1. The van der Waals surface area contributed by atoms with Gasteiger partial charge in [0.15, 0.2) is 0 Å². The number of rotatable bonds is 8. The van der Waals surface area contributed by atoms with Gasteiger partial charge in [-0.2, -0.15) is 0 Å². The second kappa shape index (κ2) is 7.29. The van der Waals surface area contributed by atoms with Gasteiger partial charge in [-0.25, -0.2) is 4.39 Å². The van der Waals surface area contributed by atoms with Gasteiger partial charge in [0.2, 0.25) is 0 Å². The Kier molecular flexibility index (Phi) is 5.40. The first-order chi connectivity index (χ1) is 9.31. The number of nitrogens with one attached hydrogen (secondary N) is 1. The van der Waals surface area contributed by atoms with Crippen LogP contribution in [0.5, 0.6) is 0 Å². The van der Waals surface area contributed by atoms with Crippen molar-refractivity contribution < 1.29 is 4.39 Å². The zero-order valence-electron chi connectivity index (χ0n) is 11.7. The number of nitrogens with zero attached hydrogens (tertiary/aromatic N) is 1. The molecule has 0 spiro atoms. The Hall–Kier alpha value is -1.35. The standard InChI is InChI=1S/C16H23FN2/c1-2-3-4-5-9-18-10-12-19-11-8-14-13-15(17)6-7-16(14)19/h6-8,11,13,18H,2-5,9-10,12H2,1H3. The fourth-order valence-corrected chi connectivity index (χ4v) is 2.37. The number of aromatic nitrogens is 1. The van der Waals surface area contributed by atoms with Gasteiger partial charge in [-0.1, -0.05) is 26.2 Å². The Morgan fingerprint density at radius 1 is 1.11 bits per heavy atom. The van der Waals surface area contributed by atoms with Crippen molar-refractivity contribution in [3.63, 3.8) is 0 Å². The van der Waals surface area contributed by atoms with Gasteiger partial charge in [-0.3, -0.25) is 0 Å². The maximum Gasteiger partial charge on any atom is 0.123 e. The largest absolute Gasteiger partial charge is 0.346 e. The quantitative estimate of drug-likeness (QED) is 0.713. The minimum absolute atomic E-state index is 0.167. The van der Waals surface area contributed by atoms with E-state index in [1.165, 1.54) is 31.7 Å². The molecule has 2 aromatic rings. The SMILES string of the molecule is CCCCCCNCCn1ccc2cc(F)ccc21. The molecule has 1 heterocycles. The molecule has 19 heavy (non-hydrogen) atoms. The van der Waals surface area contributed by atoms with Gasteiger partial charge in [0.25, 0.3) is 0 Å². The molecule has 1 aromatic carbocycles. The summed E-state index contributed by atoms with van der Waals surface area (Å²) in [4.78, 5) is 0. The molecule has 0 saturated heterocycles. The van der Waals surface area contributed by atoms with Crippen LogP contribution in [0.4, 0.5) is 4.39 Å². The Morgan fingerprint density at radius 3 is 2.84 bits per heavy atom. The van der Waals surface area contributed by atoms with E-state index < -0.39 is 0 Å². The topological polar surface area (TPSA) is 17.0 Å². The molecule has 0 fully saturated rings. The summed E-state index contributed by atoms with van der Waals surface area (Å²) < 4.78 is 15.3. The van der Waals surface area contributed by atoms with Crippen molar-refractivity contribution in [2.75, 3.05) is 13.1 Å². The summed E-state index contributed by atoms with van der Waals surface area (Å²) in [5, 5.41) is 4.44. The molecule has 0 aliphatic rings. The first kappa shape index (κ1) is 14.1. The maximum absolute atomic E-state index is 13.1. The number of unbranched alkanes of at least 4 members (excludes halogenated alkanes) is 3. The normalized spacial score (nSPS) is 11.3. The van der Waals surface area contributed by atoms with E-state index in [4.69, 9.17) is 0 Å². The van der Waals surface area contributed by atoms with E-state index in [1.54, 1.807) is 6.07 Å². The van der Waals surface area contributed by atoms with Crippen LogP contribution in [-0.4, -0.2) is 17.7 Å². The summed E-state index contributed by atoms with van der Waals surface area (Å²) in [6, 6.07) is 6.94. The first-order valence-electron chi connectivity index (χ1n) is 7.26. The average molecular weight is 262 g/mol. The highest BCUT2D eigenvalue weighted by atomic mass is 19.1. The van der Waals surface area contributed by atoms with Gasteiger partial charge in [0.05, 0.1) is 0 Å². The van der Waals surface area contributed by atoms with E-state index in [9.17, 15) is 4.39 Å². The summed E-state index contributed by atoms with van der Waals surface area (Å²) in [6.45, 7) is 5.22. The van der Waals surface area contributed by atoms with Crippen LogP contribution >= 0.6 is 0 Å². The summed E-state index contributed by atoms with van der Waals surface area (Å²) >= 11 is 0. The molecule has 1 N–H and O–H groups in total. The molecule has 0 aliphatic heterocycles. The number of hydrogen-bond donors (Lipinski definition) is 1. The fraction of sp³-hybridized carbons (Fsp3) is 0.500. The van der Waals surface area contributed by atoms with Crippen molar-refractivity contribution in [3.8, 4) is 0 Å². The molecule has 0 unspecified atom stereocenters. The molecule has 0 atom stereocenters. The molecular formula is C16H23FN2. The van der Waals surface area contributed by atoms with E-state index in [-0.39, 0.29) is 5.82 Å². The molecule has 0 aliphatic carbocycles. The third-order valence-corrected chi connectivity index (χ3v) is 3.47. The second-order valence-corrected chi connectivity index (χ2v) is 5.02. The lowest BCUT2D eigenvalue weighted by atomic mass is 10.2. The van der Waals surface area contributed by atoms with Crippen LogP contribution in [0.2, 0.25) is 0 Å². The zero-order chi connectivity index (χ0) is 13.5. The number of hydrogen-bond acceptors (Lipinski definition) is 1. The molecule has 0 radical (unpaired) electrons. The molecular weight excluding hydrogens is 239 g/mol. The molecule has 2 nitrogen and oxygen atoms in total. The van der Waals surface area contributed by atoms with Crippen molar-refractivity contribution in [2.24, 2.45) is 0 Å². The summed E-state index contributed by atoms with van der Waals surface area (Å²) in [7, 11) is 0. The zero-order valence-corrected chi connectivity index (χ0v) is 11.7. The number of halogens is 1. The van der Waals surface area contributed by atoms with Crippen LogP contribution in [0, 0.1) is 5.82 Å². The van der Waals surface area contributed by atoms with Gasteiger partial charge in [-0.05, 0) is 37.2 Å². The van der Waals surface area contributed by atoms with Gasteiger partial charge in [-0.15, -0.1) is 0 Å². The van der Waals surface area contributed by atoms with Crippen LogP contribution in [0.3, 0.4) is 0 Å². The van der Waals surface area contributed by atoms with E-state index >= 15 is 0 Å². The Labute approximate surface area is 114 Å². The van der Waals surface area contributed by atoms with Crippen molar-refractivity contribution >= 4 is 10.9 Å². The predicted octanol–water partition coefficient (Wildman–Crippen LogP) is 3.95. The molecule has 3 heteroatoms. The second-order valence-electron chi connectivity index (χ2n) is 5.02. The molecule has 1 aromatic heterocycles. The molecule has 0 bridgehead atoms. The molecule has 2 rings (SSSR count). The van der Waals surface area contributed by atoms with Gasteiger partial charge in [0.1, 0.15) is 5.82 Å². The lowest BCUT2D eigenvalue weighted by molar-refractivity contribution is 0.567. The summed E-state index contributed by atoms with van der Waals surface area (Å²) in [5.74, 6) is -0.167.